The van der Waals surface area contributed by atoms with Gasteiger partial charge in [0, 0.05) is 23.1 Å². The van der Waals surface area contributed by atoms with E-state index in [4.69, 9.17) is 29.6 Å². The highest BCUT2D eigenvalue weighted by atomic mass is 19.2. The van der Waals surface area contributed by atoms with E-state index in [1.165, 1.54) is 0 Å². The lowest BCUT2D eigenvalue weighted by Crippen LogP contribution is -2.23. The minimum atomic E-state index is -1.93. The Balaban J connectivity index is 2.24. The molecule has 0 bridgehead atoms. The lowest BCUT2D eigenvalue weighted by Gasteiger charge is -2.15. The second-order valence-corrected chi connectivity index (χ2v) is 5.64. The predicted octanol–water partition coefficient (Wildman–Crippen LogP) is 2.79. The molecule has 1 rings (SSSR count). The molecule has 0 fully saturated rings. The van der Waals surface area contributed by atoms with Crippen LogP contribution < -0.4 is 0 Å². The summed E-state index contributed by atoms with van der Waals surface area (Å²) in [4.78, 5) is 13.8. The minimum absolute atomic E-state index is 0.000669. The lowest BCUT2D eigenvalue weighted by atomic mass is 9.98. The summed E-state index contributed by atoms with van der Waals surface area (Å²) in [5.41, 5.74) is 6.82. The Morgan fingerprint density at radius 1 is 0.933 bits per heavy atom. The van der Waals surface area contributed by atoms with E-state index >= 15 is 0 Å². The van der Waals surface area contributed by atoms with Gasteiger partial charge in [0.1, 0.15) is 5.92 Å². The van der Waals surface area contributed by atoms with E-state index in [1.54, 1.807) is 0 Å². The molecule has 30 heavy (non-hydrogen) atoms. The maximum Gasteiger partial charge on any atom is 0.313 e. The molecule has 1 aromatic carbocycles. The quantitative estimate of drug-likeness (QED) is 0.106. The zero-order chi connectivity index (χ0) is 22.4. The number of nitrogens with zero attached hydrogens (tertiary/aromatic N) is 3. The van der Waals surface area contributed by atoms with Crippen LogP contribution in [0.3, 0.4) is 0 Å². The molecule has 0 amide bonds. The van der Waals surface area contributed by atoms with Gasteiger partial charge in [0.2, 0.25) is 0 Å². The Labute approximate surface area is 169 Å². The highest BCUT2D eigenvalue weighted by Gasteiger charge is 2.31. The van der Waals surface area contributed by atoms with Crippen molar-refractivity contribution < 1.29 is 46.4 Å². The van der Waals surface area contributed by atoms with Crippen molar-refractivity contribution >= 4 is 5.97 Å². The molecule has 0 radical (unpaired) electrons. The van der Waals surface area contributed by atoms with E-state index in [-0.39, 0.29) is 45.6 Å². The number of halogens is 4. The van der Waals surface area contributed by atoms with E-state index in [0.717, 1.165) is 0 Å². The number of carbonyl (C=O) groups is 1. The van der Waals surface area contributed by atoms with Crippen LogP contribution in [0.2, 0.25) is 0 Å². The molecule has 0 spiro atoms. The summed E-state index contributed by atoms with van der Waals surface area (Å²) in [5.74, 6) is -10.6. The number of hydrogen-bond donors (Lipinski definition) is 1. The van der Waals surface area contributed by atoms with Crippen LogP contribution in [0.4, 0.5) is 17.6 Å². The monoisotopic (exact) mass is 439 g/mol. The first-order valence-corrected chi connectivity index (χ1v) is 8.77. The average Bonchev–Trinajstić information content (AvgIpc) is 2.71. The molecular weight excluding hydrogens is 418 g/mol. The molecule has 13 heteroatoms. The summed E-state index contributed by atoms with van der Waals surface area (Å²) < 4.78 is 74.6. The molecule has 0 aliphatic heterocycles. The highest BCUT2D eigenvalue weighted by Crippen LogP contribution is 2.27. The number of hydrogen-bond acceptors (Lipinski definition) is 6. The van der Waals surface area contributed by atoms with Gasteiger partial charge < -0.3 is 24.1 Å². The molecule has 168 valence electrons. The molecule has 9 nitrogen and oxygen atoms in total. The Morgan fingerprint density at radius 3 is 1.87 bits per heavy atom. The Kier molecular flexibility index (Phi) is 12.4. The number of aliphatic carboxylic acids is 1. The molecule has 0 saturated carbocycles. The van der Waals surface area contributed by atoms with Crippen molar-refractivity contribution in [1.82, 2.24) is 0 Å². The molecule has 1 N–H and O–H groups in total. The largest absolute Gasteiger partial charge is 0.481 e. The van der Waals surface area contributed by atoms with Crippen molar-refractivity contribution in [2.24, 2.45) is 5.11 Å². The zero-order valence-corrected chi connectivity index (χ0v) is 15.9. The third kappa shape index (κ3) is 8.93. The summed E-state index contributed by atoms with van der Waals surface area (Å²) in [7, 11) is 0. The van der Waals surface area contributed by atoms with Crippen molar-refractivity contribution in [1.29, 1.82) is 0 Å². The van der Waals surface area contributed by atoms with Crippen LogP contribution in [0.15, 0.2) is 11.2 Å². The van der Waals surface area contributed by atoms with Gasteiger partial charge in [-0.2, -0.15) is 0 Å². The van der Waals surface area contributed by atoms with Gasteiger partial charge in [0.05, 0.1) is 52.9 Å². The number of rotatable bonds is 16. The van der Waals surface area contributed by atoms with E-state index in [1.807, 2.05) is 0 Å². The van der Waals surface area contributed by atoms with Crippen molar-refractivity contribution in [3.05, 3.63) is 45.3 Å². The Hall–Kier alpha value is -2.44. The van der Waals surface area contributed by atoms with Crippen LogP contribution >= 0.6 is 0 Å². The van der Waals surface area contributed by atoms with Crippen LogP contribution in [-0.4, -0.2) is 70.5 Å². The normalized spacial score (nSPS) is 11.9. The molecule has 1 unspecified atom stereocenters. The topological polar surface area (TPSA) is 123 Å². The van der Waals surface area contributed by atoms with Gasteiger partial charge in [-0.05, 0) is 5.53 Å². The molecular formula is C17H21F4N3O6. The van der Waals surface area contributed by atoms with Crippen LogP contribution in [-0.2, 0) is 23.7 Å². The van der Waals surface area contributed by atoms with Gasteiger partial charge in [0.25, 0.3) is 0 Å². The summed E-state index contributed by atoms with van der Waals surface area (Å²) in [6, 6.07) is -0.000669. The van der Waals surface area contributed by atoms with Crippen molar-refractivity contribution in [2.75, 3.05) is 59.4 Å². The molecule has 0 saturated heterocycles. The third-order valence-corrected chi connectivity index (χ3v) is 3.59. The molecule has 1 atom stereocenters. The molecule has 0 aromatic heterocycles. The molecule has 0 heterocycles. The van der Waals surface area contributed by atoms with Crippen LogP contribution in [0.25, 0.3) is 10.4 Å². The first-order valence-electron chi connectivity index (χ1n) is 8.77. The van der Waals surface area contributed by atoms with Gasteiger partial charge in [-0.15, -0.1) is 0 Å². The number of ether oxygens (including phenoxy) is 4. The zero-order valence-electron chi connectivity index (χ0n) is 15.9. The second kappa shape index (κ2) is 14.5. The van der Waals surface area contributed by atoms with E-state index in [2.05, 4.69) is 10.0 Å². The Morgan fingerprint density at radius 2 is 1.40 bits per heavy atom. The number of carboxylic acid groups (broad SMARTS) is 1. The number of azide groups is 1. The van der Waals surface area contributed by atoms with E-state index in [9.17, 15) is 22.4 Å². The maximum absolute atomic E-state index is 13.8. The standard InChI is InChI=1S/C17H21F4N3O6/c18-12-9-13(19)16(21)14(15(12)20)11(17(25)26)10-30-8-7-29-6-5-28-4-3-27-2-1-23-24-22/h9,11H,1-8,10H2,(H,25,26). The van der Waals surface area contributed by atoms with Crippen molar-refractivity contribution in [3.8, 4) is 0 Å². The molecule has 0 aliphatic carbocycles. The number of carboxylic acids is 1. The summed E-state index contributed by atoms with van der Waals surface area (Å²) in [5, 5.41) is 12.4. The van der Waals surface area contributed by atoms with Crippen LogP contribution in [0.1, 0.15) is 11.5 Å². The van der Waals surface area contributed by atoms with Gasteiger partial charge in [-0.1, -0.05) is 5.11 Å². The average molecular weight is 439 g/mol. The van der Waals surface area contributed by atoms with Crippen molar-refractivity contribution in [3.63, 3.8) is 0 Å². The summed E-state index contributed by atoms with van der Waals surface area (Å²) >= 11 is 0. The maximum atomic E-state index is 13.8. The SMILES string of the molecule is [N-]=[N+]=NCCOCCOCCOCCOCC(C(=O)O)c1c(F)c(F)cc(F)c1F. The number of benzene rings is 1. The summed E-state index contributed by atoms with van der Waals surface area (Å²) in [6.07, 6.45) is 0. The predicted molar refractivity (Wildman–Crippen MR) is 93.9 cm³/mol. The lowest BCUT2D eigenvalue weighted by molar-refractivity contribution is -0.140. The first-order chi connectivity index (χ1) is 14.4. The fourth-order valence-corrected chi connectivity index (χ4v) is 2.19. The Bertz CT molecular complexity index is 708. The van der Waals surface area contributed by atoms with Crippen molar-refractivity contribution in [2.45, 2.75) is 5.92 Å². The van der Waals surface area contributed by atoms with E-state index < -0.39 is 47.3 Å². The fourth-order valence-electron chi connectivity index (χ4n) is 2.19. The molecule has 0 aliphatic rings. The smallest absolute Gasteiger partial charge is 0.313 e. The van der Waals surface area contributed by atoms with Gasteiger partial charge in [-0.3, -0.25) is 4.79 Å². The minimum Gasteiger partial charge on any atom is -0.481 e. The van der Waals surface area contributed by atoms with E-state index in [0.29, 0.717) is 13.2 Å². The van der Waals surface area contributed by atoms with Crippen LogP contribution in [0.5, 0.6) is 0 Å². The van der Waals surface area contributed by atoms with Gasteiger partial charge in [-0.25, -0.2) is 17.6 Å². The fraction of sp³-hybridized carbons (Fsp3) is 0.588. The second-order valence-electron chi connectivity index (χ2n) is 5.64. The third-order valence-electron chi connectivity index (χ3n) is 3.59. The van der Waals surface area contributed by atoms with Crippen LogP contribution in [0, 0.1) is 23.3 Å². The first kappa shape index (κ1) is 25.6. The molecule has 1 aromatic rings. The summed E-state index contributed by atoms with van der Waals surface area (Å²) in [6.45, 7) is 0.781. The van der Waals surface area contributed by atoms with Gasteiger partial charge >= 0.3 is 5.97 Å². The van der Waals surface area contributed by atoms with Gasteiger partial charge in [0.15, 0.2) is 23.3 Å². The highest BCUT2D eigenvalue weighted by molar-refractivity contribution is 5.76.